The minimum atomic E-state index is -3.38. The summed E-state index contributed by atoms with van der Waals surface area (Å²) in [6.07, 6.45) is 2.64. The van der Waals surface area contributed by atoms with Crippen LogP contribution in [0.15, 0.2) is 0 Å². The highest BCUT2D eigenvalue weighted by Crippen LogP contribution is 2.30. The first kappa shape index (κ1) is 28.7. The third kappa shape index (κ3) is 8.81. The number of carboxylic acids is 1. The predicted molar refractivity (Wildman–Crippen MR) is 111 cm³/mol. The average molecular weight is 475 g/mol. The molecule has 5 N–H and O–H groups in total. The molecule has 0 aliphatic carbocycles. The number of nitrogens with two attached hydrogens (primary N) is 1. The standard InChI is InChI=1S/C16H31N3O7S2.H3NO/c1-13(2)5-6-16(15(21)22,11-17-12-27(3,23)24)14(20)18-7-9-19(10-8-18)28(4,25)26;1-2/h13,17H,5-12H2,1-4H3,(H,21,22);2H,1H2/t16-;/m0./s1. The van der Waals surface area contributed by atoms with Gasteiger partial charge in [0.25, 0.3) is 0 Å². The summed E-state index contributed by atoms with van der Waals surface area (Å²) in [7, 11) is -6.76. The van der Waals surface area contributed by atoms with E-state index in [0.29, 0.717) is 6.42 Å². The summed E-state index contributed by atoms with van der Waals surface area (Å²) in [5.41, 5.74) is -1.80. The fourth-order valence-corrected chi connectivity index (χ4v) is 4.35. The number of carbonyl (C=O) groups excluding carboxylic acids is 1. The van der Waals surface area contributed by atoms with E-state index in [-0.39, 0.29) is 45.1 Å². The van der Waals surface area contributed by atoms with Crippen molar-refractivity contribution in [3.8, 4) is 0 Å². The van der Waals surface area contributed by atoms with Gasteiger partial charge in [0.15, 0.2) is 15.3 Å². The molecule has 0 saturated carbocycles. The Hall–Kier alpha value is -1.32. The molecule has 1 heterocycles. The van der Waals surface area contributed by atoms with E-state index in [2.05, 4.69) is 11.2 Å². The Balaban J connectivity index is 0.00000407. The van der Waals surface area contributed by atoms with Crippen LogP contribution in [-0.4, -0.2) is 99.3 Å². The van der Waals surface area contributed by atoms with Crippen LogP contribution < -0.4 is 11.2 Å². The van der Waals surface area contributed by atoms with Crippen LogP contribution in [0.5, 0.6) is 0 Å². The number of sulfonamides is 1. The number of carboxylic acid groups (broad SMARTS) is 1. The Kier molecular flexibility index (Phi) is 11.4. The molecular weight excluding hydrogens is 440 g/mol. The third-order valence-corrected chi connectivity index (χ3v) is 6.78. The molecule has 1 aliphatic rings. The van der Waals surface area contributed by atoms with Crippen LogP contribution in [0.2, 0.25) is 0 Å². The van der Waals surface area contributed by atoms with Crippen LogP contribution in [0.25, 0.3) is 0 Å². The van der Waals surface area contributed by atoms with Gasteiger partial charge >= 0.3 is 5.97 Å². The second kappa shape index (κ2) is 11.9. The third-order valence-electron chi connectivity index (χ3n) is 4.75. The zero-order valence-corrected chi connectivity index (χ0v) is 19.5. The lowest BCUT2D eigenvalue weighted by Gasteiger charge is -2.39. The van der Waals surface area contributed by atoms with E-state index >= 15 is 0 Å². The number of hydrogen-bond acceptors (Lipinski definition) is 9. The lowest BCUT2D eigenvalue weighted by molar-refractivity contribution is -0.162. The first-order chi connectivity index (χ1) is 13.7. The Morgan fingerprint density at radius 2 is 1.57 bits per heavy atom. The van der Waals surface area contributed by atoms with Gasteiger partial charge in [0.2, 0.25) is 15.9 Å². The minimum Gasteiger partial charge on any atom is -0.480 e. The maximum atomic E-state index is 13.2. The largest absolute Gasteiger partial charge is 0.480 e. The SMILES string of the molecule is CC(C)CC[C@@](CNCS(C)(=O)=O)(C(=O)O)C(=O)N1CCN(S(C)(=O)=O)CC1.NO. The number of nitrogens with one attached hydrogen (secondary N) is 1. The quantitative estimate of drug-likeness (QED) is 0.215. The lowest BCUT2D eigenvalue weighted by Crippen LogP contribution is -2.58. The number of amides is 1. The molecule has 1 atom stereocenters. The number of nitrogens with zero attached hydrogens (tertiary/aromatic N) is 2. The van der Waals surface area contributed by atoms with Crippen LogP contribution >= 0.6 is 0 Å². The molecule has 0 aromatic rings. The summed E-state index contributed by atoms with van der Waals surface area (Å²) >= 11 is 0. The van der Waals surface area contributed by atoms with E-state index < -0.39 is 43.0 Å². The molecule has 1 saturated heterocycles. The predicted octanol–water partition coefficient (Wildman–Crippen LogP) is -1.48. The molecule has 178 valence electrons. The molecule has 1 aliphatic heterocycles. The summed E-state index contributed by atoms with van der Waals surface area (Å²) in [5, 5.41) is 19.0. The number of rotatable bonds is 10. The van der Waals surface area contributed by atoms with Gasteiger partial charge in [-0.25, -0.2) is 22.7 Å². The maximum Gasteiger partial charge on any atom is 0.320 e. The van der Waals surface area contributed by atoms with Crippen molar-refractivity contribution < 1.29 is 36.7 Å². The normalized spacial score (nSPS) is 17.8. The van der Waals surface area contributed by atoms with Crippen molar-refractivity contribution in [2.24, 2.45) is 17.2 Å². The summed E-state index contributed by atoms with van der Waals surface area (Å²) in [4.78, 5) is 26.7. The summed E-state index contributed by atoms with van der Waals surface area (Å²) < 4.78 is 47.3. The van der Waals surface area contributed by atoms with Gasteiger partial charge in [0, 0.05) is 39.0 Å². The first-order valence-corrected chi connectivity index (χ1v) is 13.2. The van der Waals surface area contributed by atoms with E-state index in [1.54, 1.807) is 0 Å². The number of piperazine rings is 1. The van der Waals surface area contributed by atoms with Gasteiger partial charge in [-0.3, -0.25) is 9.59 Å². The van der Waals surface area contributed by atoms with Crippen molar-refractivity contribution in [2.75, 3.05) is 51.1 Å². The summed E-state index contributed by atoms with van der Waals surface area (Å²) in [5.74, 6) is 1.29. The molecule has 1 fully saturated rings. The zero-order chi connectivity index (χ0) is 23.8. The van der Waals surface area contributed by atoms with Crippen LogP contribution in [-0.2, 0) is 29.4 Å². The second-order valence-electron chi connectivity index (χ2n) is 7.77. The fourth-order valence-electron chi connectivity index (χ4n) is 3.06. The Morgan fingerprint density at radius 1 is 1.07 bits per heavy atom. The number of sulfone groups is 1. The molecular formula is C16H34N4O8S2. The number of aliphatic carboxylic acids is 1. The summed E-state index contributed by atoms with van der Waals surface area (Å²) in [6.45, 7) is 3.89. The Bertz CT molecular complexity index is 777. The maximum absolute atomic E-state index is 13.2. The van der Waals surface area contributed by atoms with Gasteiger partial charge in [0.1, 0.15) is 0 Å². The van der Waals surface area contributed by atoms with Gasteiger partial charge in [0.05, 0.1) is 12.1 Å². The molecule has 0 aromatic carbocycles. The van der Waals surface area contributed by atoms with Crippen LogP contribution in [0.3, 0.4) is 0 Å². The molecule has 0 spiro atoms. The van der Waals surface area contributed by atoms with E-state index in [4.69, 9.17) is 5.21 Å². The first-order valence-electron chi connectivity index (χ1n) is 9.31. The Morgan fingerprint density at radius 3 is 1.93 bits per heavy atom. The van der Waals surface area contributed by atoms with Gasteiger partial charge in [-0.05, 0) is 18.8 Å². The van der Waals surface area contributed by atoms with E-state index in [1.807, 2.05) is 13.8 Å². The molecule has 0 unspecified atom stereocenters. The van der Waals surface area contributed by atoms with Gasteiger partial charge in [-0.2, -0.15) is 4.31 Å². The van der Waals surface area contributed by atoms with Gasteiger partial charge in [-0.15, -0.1) is 0 Å². The molecule has 30 heavy (non-hydrogen) atoms. The topological polar surface area (TPSA) is 187 Å². The van der Waals surface area contributed by atoms with Crippen LogP contribution in [0.4, 0.5) is 0 Å². The molecule has 14 heteroatoms. The van der Waals surface area contributed by atoms with Crippen molar-refractivity contribution in [1.29, 1.82) is 0 Å². The number of hydrogen-bond donors (Lipinski definition) is 4. The Labute approximate surface area is 178 Å². The lowest BCUT2D eigenvalue weighted by atomic mass is 9.79. The highest BCUT2D eigenvalue weighted by molar-refractivity contribution is 7.90. The second-order valence-corrected chi connectivity index (χ2v) is 11.9. The van der Waals surface area contributed by atoms with E-state index in [1.165, 1.54) is 9.21 Å². The number of carbonyl (C=O) groups is 2. The van der Waals surface area contributed by atoms with Crippen molar-refractivity contribution in [3.63, 3.8) is 0 Å². The van der Waals surface area contributed by atoms with Gasteiger partial charge < -0.3 is 20.5 Å². The highest BCUT2D eigenvalue weighted by Gasteiger charge is 2.48. The van der Waals surface area contributed by atoms with Crippen molar-refractivity contribution >= 4 is 31.7 Å². The molecule has 1 amide bonds. The molecule has 0 aromatic heterocycles. The monoisotopic (exact) mass is 474 g/mol. The fraction of sp³-hybridized carbons (Fsp3) is 0.875. The molecule has 1 rings (SSSR count). The van der Waals surface area contributed by atoms with Gasteiger partial charge in [-0.1, -0.05) is 13.8 Å². The highest BCUT2D eigenvalue weighted by atomic mass is 32.2. The van der Waals surface area contributed by atoms with Crippen molar-refractivity contribution in [3.05, 3.63) is 0 Å². The minimum absolute atomic E-state index is 0.0574. The smallest absolute Gasteiger partial charge is 0.320 e. The van der Waals surface area contributed by atoms with Crippen LogP contribution in [0.1, 0.15) is 26.7 Å². The van der Waals surface area contributed by atoms with Crippen molar-refractivity contribution in [1.82, 2.24) is 14.5 Å². The zero-order valence-electron chi connectivity index (χ0n) is 17.9. The average Bonchev–Trinajstić information content (AvgIpc) is 2.63. The van der Waals surface area contributed by atoms with E-state index in [0.717, 1.165) is 12.5 Å². The molecule has 0 radical (unpaired) electrons. The summed E-state index contributed by atoms with van der Waals surface area (Å²) in [6, 6.07) is 0. The van der Waals surface area contributed by atoms with Crippen LogP contribution in [0, 0.1) is 11.3 Å². The van der Waals surface area contributed by atoms with E-state index in [9.17, 15) is 31.5 Å². The molecule has 12 nitrogen and oxygen atoms in total. The van der Waals surface area contributed by atoms with Crippen molar-refractivity contribution in [2.45, 2.75) is 26.7 Å². The molecule has 0 bridgehead atoms.